The molecule has 4 aromatic heterocycles. The number of carbonyl (C=O) groups excluding carboxylic acids is 1. The SMILES string of the molecule is C/C=C/c1ccccc1.CC#N.CC(=O)OO.CC1(C)C2Cc3cc(-c4cc5c(cn4)[C@@H]4CC(C5)C4(C)C)ncc3[C@@H]1C2.CC1(C=BP)C2Cc3cc(-c4ccccn4)ncc3C1C2.CC1OC1c1ccccc1.O.[CH3-].[CH3-].[Fe+5].[Fe+5].[NH2-].[NH2-].[NH2-].[NH2-].[NH2-].[NH2-].[NH2-].[NH2-]. The molecule has 8 unspecified atom stereocenters. The van der Waals surface area contributed by atoms with Gasteiger partial charge in [-0.1, -0.05) is 101 Å². The molecule has 3 saturated carbocycles. The van der Waals surface area contributed by atoms with E-state index in [9.17, 15) is 4.79 Å². The number of epoxide rings is 1. The second-order valence-electron chi connectivity index (χ2n) is 22.3. The number of hydrogen-bond acceptors (Lipinski definition) is 9. The van der Waals surface area contributed by atoms with Gasteiger partial charge in [0.15, 0.2) is 0 Å². The Morgan fingerprint density at radius 2 is 1.02 bits per heavy atom. The molecule has 9 aliphatic carbocycles. The van der Waals surface area contributed by atoms with Crippen LogP contribution in [0.2, 0.25) is 0 Å². The largest absolute Gasteiger partial charge is 5.00 e. The first-order chi connectivity index (χ1) is 35.6. The van der Waals surface area contributed by atoms with E-state index in [2.05, 4.69) is 145 Å². The Bertz CT molecular complexity index is 2960. The summed E-state index contributed by atoms with van der Waals surface area (Å²) in [6, 6.07) is 35.3. The quantitative estimate of drug-likeness (QED) is 0.0427. The van der Waals surface area contributed by atoms with Crippen molar-refractivity contribution >= 4 is 33.8 Å². The van der Waals surface area contributed by atoms with Crippen LogP contribution < -0.4 is 0 Å². The van der Waals surface area contributed by atoms with Crippen LogP contribution in [0.15, 0.2) is 128 Å². The molecule has 19 N–H and O–H groups in total. The number of hydrogen-bond donors (Lipinski definition) is 1. The minimum absolute atomic E-state index is 0. The van der Waals surface area contributed by atoms with Crippen LogP contribution >= 0.6 is 9.12 Å². The van der Waals surface area contributed by atoms with Crippen LogP contribution in [0.25, 0.3) is 78.1 Å². The molecule has 0 amide bonds. The smallest absolute Gasteiger partial charge is 0.693 e. The topological polar surface area (TPSA) is 434 Å². The van der Waals surface area contributed by atoms with Crippen molar-refractivity contribution in [1.82, 2.24) is 19.9 Å². The molecule has 6 aromatic rings. The van der Waals surface area contributed by atoms with Gasteiger partial charge in [0.2, 0.25) is 0 Å². The van der Waals surface area contributed by atoms with E-state index in [1.165, 1.54) is 90.0 Å². The molecular formula is C65H97BFe2N13O5P. The maximum Gasteiger partial charge on any atom is 5.00 e. The maximum absolute atomic E-state index is 9.34. The van der Waals surface area contributed by atoms with E-state index in [4.69, 9.17) is 25.2 Å². The van der Waals surface area contributed by atoms with E-state index in [1.807, 2.05) is 73.8 Å². The summed E-state index contributed by atoms with van der Waals surface area (Å²) >= 11 is 0. The van der Waals surface area contributed by atoms with E-state index in [0.29, 0.717) is 46.2 Å². The van der Waals surface area contributed by atoms with Crippen molar-refractivity contribution in [3.05, 3.63) is 236 Å². The van der Waals surface area contributed by atoms with Gasteiger partial charge in [0.05, 0.1) is 23.6 Å². The number of rotatable bonds is 5. The fraction of sp³-hybridized carbons (Fsp3) is 0.400. The van der Waals surface area contributed by atoms with E-state index in [0.717, 1.165) is 47.5 Å². The first kappa shape index (κ1) is 92.9. The Hall–Kier alpha value is -5.30. The van der Waals surface area contributed by atoms with Crippen molar-refractivity contribution < 1.29 is 59.3 Å². The number of allylic oxidation sites excluding steroid dienone is 1. The number of aromatic nitrogens is 4. The summed E-state index contributed by atoms with van der Waals surface area (Å²) in [6.45, 7) is 20.9. The molecule has 4 fully saturated rings. The molecular weight excluding hydrogens is 1200 g/mol. The fourth-order valence-electron chi connectivity index (χ4n) is 12.6. The average Bonchev–Trinajstić information content (AvgIpc) is 1.84. The van der Waals surface area contributed by atoms with Crippen molar-refractivity contribution in [2.45, 2.75) is 131 Å². The van der Waals surface area contributed by atoms with E-state index < -0.39 is 5.97 Å². The molecule has 18 nitrogen and oxygen atoms in total. The number of benzene rings is 2. The molecule has 2 aromatic carbocycles. The molecule has 10 atom stereocenters. The molecule has 0 spiro atoms. The Morgan fingerprint density at radius 3 is 1.38 bits per heavy atom. The van der Waals surface area contributed by atoms with Crippen LogP contribution in [-0.2, 0) is 67.8 Å². The van der Waals surface area contributed by atoms with Gasteiger partial charge in [0, 0.05) is 26.2 Å². The summed E-state index contributed by atoms with van der Waals surface area (Å²) in [4.78, 5) is 31.2. The van der Waals surface area contributed by atoms with Gasteiger partial charge in [-0.3, -0.25) is 9.97 Å². The van der Waals surface area contributed by atoms with E-state index in [-0.39, 0.29) is 104 Å². The second-order valence-corrected chi connectivity index (χ2v) is 22.7. The van der Waals surface area contributed by atoms with Gasteiger partial charge in [-0.2, -0.15) is 10.5 Å². The fourth-order valence-corrected chi connectivity index (χ4v) is 13.0. The van der Waals surface area contributed by atoms with Crippen LogP contribution in [0.4, 0.5) is 0 Å². The predicted molar refractivity (Wildman–Crippen MR) is 361 cm³/mol. The second kappa shape index (κ2) is 40.4. The average molecular weight is 1290 g/mol. The summed E-state index contributed by atoms with van der Waals surface area (Å²) in [5.74, 6) is 6.20. The third-order valence-corrected chi connectivity index (χ3v) is 17.7. The monoisotopic (exact) mass is 1290 g/mol. The summed E-state index contributed by atoms with van der Waals surface area (Å²) in [7, 11) is 2.71. The van der Waals surface area contributed by atoms with Gasteiger partial charge in [0.1, 0.15) is 6.10 Å². The maximum atomic E-state index is 9.34. The predicted octanol–water partition coefficient (Wildman–Crippen LogP) is 19.8. The van der Waals surface area contributed by atoms with Gasteiger partial charge in [0.25, 0.3) is 0 Å². The molecule has 16 rings (SSSR count). The van der Waals surface area contributed by atoms with Gasteiger partial charge in [-0.25, -0.2) is 4.79 Å². The van der Waals surface area contributed by atoms with Gasteiger partial charge in [-0.15, -0.1) is 0 Å². The molecule has 5 heterocycles. The molecule has 87 heavy (non-hydrogen) atoms. The first-order valence-electron chi connectivity index (χ1n) is 26.4. The third kappa shape index (κ3) is 20.4. The first-order valence-corrected chi connectivity index (χ1v) is 27.0. The van der Waals surface area contributed by atoms with Crippen LogP contribution in [0.5, 0.6) is 0 Å². The number of carbonyl (C=O) groups is 1. The van der Waals surface area contributed by atoms with Crippen molar-refractivity contribution in [2.24, 2.45) is 34.0 Å². The van der Waals surface area contributed by atoms with Crippen molar-refractivity contribution in [2.75, 3.05) is 0 Å². The minimum atomic E-state index is -0.690. The molecule has 1 saturated heterocycles. The molecule has 1 aliphatic heterocycles. The van der Waals surface area contributed by atoms with Crippen LogP contribution in [0, 0.1) is 60.2 Å². The van der Waals surface area contributed by atoms with Crippen LogP contribution in [-0.4, -0.2) is 55.3 Å². The summed E-state index contributed by atoms with van der Waals surface area (Å²) in [6.07, 6.45) is 20.8. The Kier molecular flexibility index (Phi) is 43.1. The van der Waals surface area contributed by atoms with E-state index in [1.54, 1.807) is 6.07 Å². The number of ether oxygens (including phenoxy) is 1. The zero-order chi connectivity index (χ0) is 52.8. The van der Waals surface area contributed by atoms with Gasteiger partial charge in [-0.05, 0) is 120 Å². The van der Waals surface area contributed by atoms with E-state index >= 15 is 0 Å². The summed E-state index contributed by atoms with van der Waals surface area (Å²) in [5.41, 5.74) is 16.9. The molecule has 22 heteroatoms. The Balaban J connectivity index is -0.000000244. The number of pyridine rings is 4. The number of nitrogens with two attached hydrogens (primary N) is 8. The van der Waals surface area contributed by atoms with Crippen molar-refractivity contribution in [3.63, 3.8) is 0 Å². The van der Waals surface area contributed by atoms with Crippen molar-refractivity contribution in [1.29, 1.82) is 5.26 Å². The molecule has 476 valence electrons. The zero-order valence-corrected chi connectivity index (χ0v) is 55.9. The minimum Gasteiger partial charge on any atom is -0.693 e. The van der Waals surface area contributed by atoms with Gasteiger partial charge >= 0.3 is 168 Å². The normalized spacial score (nSPS) is 22.4. The van der Waals surface area contributed by atoms with Gasteiger partial charge < -0.3 is 79.2 Å². The van der Waals surface area contributed by atoms with Crippen LogP contribution in [0.1, 0.15) is 150 Å². The molecule has 10 aliphatic rings. The Labute approximate surface area is 545 Å². The number of nitriles is 1. The molecule has 6 bridgehead atoms. The standard InChI is InChI=1S/C24H28N2.C17H18BN2P.C9H10O.C9H10.C2H3N.C2H4O3.2CH3.2Fe.8H2N.H2O/c1-23(2)15-5-13-7-21(25-11-17(13)19(23)9-15)22-8-14-6-16-10-20(24(16,3)4)18(14)12-26-22;1-17(10-18-21)12-6-11-7-16(15-4-2-3-5-19-15)20-9-13(11)14(17)8-12;1-7-9(10-7)8-5-3-2-4-6-8;1-2-6-9-7-4-3-5-8-9;1-2-3;1-2(3)5-4;;;;;;;;;;;;;/h7-8,11-12,15-16,19-20H,5-6,9-10H2,1-4H3;2-5,7,9-10,12,14H,6,8,21H2,1H3;2-7,9H,1H3;2-8H,1H3;1H3;4H,1H3;2*1H3;;;9*1H2/q;;;;;;2*-1;2*+5;8*-1;/b;;;6-2+;;;;;;;;;;;;;;;/t15?,16?,19-,20-;;;;;;;;;;;;;;;;;;/m0................../s1. The Morgan fingerprint density at radius 1 is 0.655 bits per heavy atom. The zero-order valence-electron chi connectivity index (χ0n) is 52.5. The van der Waals surface area contributed by atoms with Crippen molar-refractivity contribution in [3.8, 4) is 28.8 Å². The number of nitrogens with zero attached hydrogens (tertiary/aromatic N) is 5. The third-order valence-electron chi connectivity index (χ3n) is 17.5. The summed E-state index contributed by atoms with van der Waals surface area (Å²) < 4.78 is 5.30. The molecule has 2 radical (unpaired) electrons. The van der Waals surface area contributed by atoms with Crippen LogP contribution in [0.3, 0.4) is 0 Å². The summed E-state index contributed by atoms with van der Waals surface area (Å²) in [5, 5.41) is 14.6.